The van der Waals surface area contributed by atoms with Crippen LogP contribution in [0.15, 0.2) is 6.20 Å². The van der Waals surface area contributed by atoms with Gasteiger partial charge in [-0.2, -0.15) is 0 Å². The summed E-state index contributed by atoms with van der Waals surface area (Å²) in [5, 5.41) is 8.38. The Hall–Kier alpha value is -0.900. The molecule has 0 aliphatic carbocycles. The molecule has 1 rings (SSSR count). The molecule has 0 N–H and O–H groups in total. The van der Waals surface area contributed by atoms with Gasteiger partial charge in [0.25, 0.3) is 0 Å². The van der Waals surface area contributed by atoms with Gasteiger partial charge in [0.15, 0.2) is 0 Å². The third-order valence-electron chi connectivity index (χ3n) is 2.69. The van der Waals surface area contributed by atoms with Crippen LogP contribution >= 0.6 is 0 Å². The Morgan fingerprint density at radius 1 is 1.05 bits per heavy atom. The van der Waals surface area contributed by atoms with Gasteiger partial charge in [-0.25, -0.2) is 0 Å². The van der Waals surface area contributed by atoms with E-state index in [0.717, 1.165) is 31.9 Å². The second-order valence-electron chi connectivity index (χ2n) is 7.83. The van der Waals surface area contributed by atoms with Gasteiger partial charge >= 0.3 is 0 Å². The Morgan fingerprint density at radius 2 is 1.58 bits per heavy atom. The summed E-state index contributed by atoms with van der Waals surface area (Å²) in [6.07, 6.45) is 2.05. The highest BCUT2D eigenvalue weighted by atomic mass is 15.4. The lowest BCUT2D eigenvalue weighted by molar-refractivity contribution is 0.133. The maximum absolute atomic E-state index is 4.26. The molecule has 0 aliphatic heterocycles. The molecule has 1 aromatic heterocycles. The first-order valence-corrected chi connectivity index (χ1v) is 7.20. The minimum atomic E-state index is 0.298. The highest BCUT2D eigenvalue weighted by molar-refractivity contribution is 4.93. The van der Waals surface area contributed by atoms with Crippen molar-refractivity contribution in [2.24, 2.45) is 10.8 Å². The number of aryl methyl sites for hydroxylation is 1. The van der Waals surface area contributed by atoms with Gasteiger partial charge in [-0.15, -0.1) is 5.10 Å². The van der Waals surface area contributed by atoms with Crippen LogP contribution in [0.2, 0.25) is 0 Å². The van der Waals surface area contributed by atoms with E-state index in [1.165, 1.54) is 0 Å². The number of aromatic nitrogens is 3. The normalized spacial score (nSPS) is 13.3. The molecule has 0 aliphatic rings. The monoisotopic (exact) mass is 266 g/mol. The molecule has 0 saturated heterocycles. The van der Waals surface area contributed by atoms with Crippen molar-refractivity contribution in [3.8, 4) is 0 Å². The van der Waals surface area contributed by atoms with Crippen LogP contribution in [0.3, 0.4) is 0 Å². The van der Waals surface area contributed by atoms with Crippen molar-refractivity contribution in [3.63, 3.8) is 0 Å². The second kappa shape index (κ2) is 6.04. The van der Waals surface area contributed by atoms with Crippen LogP contribution in [0.4, 0.5) is 0 Å². The average Bonchev–Trinajstić information content (AvgIpc) is 2.59. The van der Waals surface area contributed by atoms with Crippen molar-refractivity contribution in [2.75, 3.05) is 13.1 Å². The van der Waals surface area contributed by atoms with Crippen LogP contribution in [-0.2, 0) is 13.1 Å². The standard InChI is InChI=1S/C15H30N4/c1-8-19-10-13(16-17-19)9-18(11-14(2,3)4)12-15(5,6)7/h10H,8-9,11-12H2,1-7H3. The van der Waals surface area contributed by atoms with E-state index in [0.29, 0.717) is 10.8 Å². The SMILES string of the molecule is CCn1cc(CN(CC(C)(C)C)CC(C)(C)C)nn1. The molecule has 0 atom stereocenters. The molecule has 4 nitrogen and oxygen atoms in total. The summed E-state index contributed by atoms with van der Waals surface area (Å²) < 4.78 is 1.89. The Bertz CT molecular complexity index is 366. The zero-order chi connectivity index (χ0) is 14.7. The lowest BCUT2D eigenvalue weighted by Crippen LogP contribution is -2.38. The summed E-state index contributed by atoms with van der Waals surface area (Å²) >= 11 is 0. The fraction of sp³-hybridized carbons (Fsp3) is 0.867. The quantitative estimate of drug-likeness (QED) is 0.821. The van der Waals surface area contributed by atoms with Gasteiger partial charge in [0.05, 0.1) is 5.69 Å². The van der Waals surface area contributed by atoms with Gasteiger partial charge < -0.3 is 0 Å². The second-order valence-corrected chi connectivity index (χ2v) is 7.83. The predicted octanol–water partition coefficient (Wildman–Crippen LogP) is 3.19. The third kappa shape index (κ3) is 6.71. The molecule has 19 heavy (non-hydrogen) atoms. The first-order chi connectivity index (χ1) is 8.59. The lowest BCUT2D eigenvalue weighted by atomic mass is 9.92. The fourth-order valence-electron chi connectivity index (χ4n) is 2.30. The molecule has 0 amide bonds. The zero-order valence-electron chi connectivity index (χ0n) is 13.7. The molecule has 1 aromatic rings. The average molecular weight is 266 g/mol. The van der Waals surface area contributed by atoms with Crippen LogP contribution in [0.5, 0.6) is 0 Å². The van der Waals surface area contributed by atoms with E-state index in [-0.39, 0.29) is 0 Å². The molecule has 0 unspecified atom stereocenters. The smallest absolute Gasteiger partial charge is 0.0967 e. The van der Waals surface area contributed by atoms with Gasteiger partial charge in [0.1, 0.15) is 0 Å². The maximum atomic E-state index is 4.26. The number of rotatable bonds is 5. The molecule has 1 heterocycles. The van der Waals surface area contributed by atoms with Crippen LogP contribution in [0.25, 0.3) is 0 Å². The first-order valence-electron chi connectivity index (χ1n) is 7.20. The van der Waals surface area contributed by atoms with Gasteiger partial charge in [-0.1, -0.05) is 46.8 Å². The van der Waals surface area contributed by atoms with E-state index in [9.17, 15) is 0 Å². The first kappa shape index (κ1) is 16.2. The molecular formula is C15H30N4. The van der Waals surface area contributed by atoms with E-state index in [4.69, 9.17) is 0 Å². The van der Waals surface area contributed by atoms with E-state index in [1.807, 2.05) is 4.68 Å². The predicted molar refractivity (Wildman–Crippen MR) is 79.9 cm³/mol. The Labute approximate surface area is 118 Å². The Balaban J connectivity index is 2.73. The molecule has 0 bridgehead atoms. The van der Waals surface area contributed by atoms with Crippen molar-refractivity contribution in [1.29, 1.82) is 0 Å². The largest absolute Gasteiger partial charge is 0.296 e. The minimum Gasteiger partial charge on any atom is -0.296 e. The van der Waals surface area contributed by atoms with Gasteiger partial charge in [-0.05, 0) is 17.8 Å². The highest BCUT2D eigenvalue weighted by Crippen LogP contribution is 2.22. The summed E-state index contributed by atoms with van der Waals surface area (Å²) in [6, 6.07) is 0. The van der Waals surface area contributed by atoms with Crippen molar-refractivity contribution >= 4 is 0 Å². The molecule has 4 heteroatoms. The highest BCUT2D eigenvalue weighted by Gasteiger charge is 2.22. The van der Waals surface area contributed by atoms with Crippen molar-refractivity contribution in [2.45, 2.75) is 61.6 Å². The van der Waals surface area contributed by atoms with E-state index in [1.54, 1.807) is 0 Å². The summed E-state index contributed by atoms with van der Waals surface area (Å²) in [4.78, 5) is 2.49. The number of hydrogen-bond acceptors (Lipinski definition) is 3. The molecule has 0 saturated carbocycles. The van der Waals surface area contributed by atoms with Crippen LogP contribution in [-0.4, -0.2) is 33.0 Å². The molecule has 0 spiro atoms. The van der Waals surface area contributed by atoms with Crippen molar-refractivity contribution in [3.05, 3.63) is 11.9 Å². The Morgan fingerprint density at radius 3 is 1.95 bits per heavy atom. The Kier molecular flexibility index (Phi) is 5.13. The van der Waals surface area contributed by atoms with E-state index < -0.39 is 0 Å². The summed E-state index contributed by atoms with van der Waals surface area (Å²) in [5.74, 6) is 0. The summed E-state index contributed by atoms with van der Waals surface area (Å²) in [7, 11) is 0. The molecule has 110 valence electrons. The van der Waals surface area contributed by atoms with E-state index in [2.05, 4.69) is 69.9 Å². The maximum Gasteiger partial charge on any atom is 0.0967 e. The molecule has 0 fully saturated rings. The van der Waals surface area contributed by atoms with Crippen molar-refractivity contribution in [1.82, 2.24) is 19.9 Å². The van der Waals surface area contributed by atoms with Crippen LogP contribution in [0.1, 0.15) is 54.2 Å². The topological polar surface area (TPSA) is 34.0 Å². The summed E-state index contributed by atoms with van der Waals surface area (Å²) in [5.41, 5.74) is 1.66. The van der Waals surface area contributed by atoms with Crippen LogP contribution in [0, 0.1) is 10.8 Å². The lowest BCUT2D eigenvalue weighted by Gasteiger charge is -2.34. The third-order valence-corrected chi connectivity index (χ3v) is 2.69. The molecular weight excluding hydrogens is 236 g/mol. The number of hydrogen-bond donors (Lipinski definition) is 0. The molecule has 0 aromatic carbocycles. The van der Waals surface area contributed by atoms with Crippen LogP contribution < -0.4 is 0 Å². The van der Waals surface area contributed by atoms with Gasteiger partial charge in [0.2, 0.25) is 0 Å². The van der Waals surface area contributed by atoms with Crippen molar-refractivity contribution < 1.29 is 0 Å². The minimum absolute atomic E-state index is 0.298. The zero-order valence-corrected chi connectivity index (χ0v) is 13.7. The summed E-state index contributed by atoms with van der Waals surface area (Å²) in [6.45, 7) is 19.7. The van der Waals surface area contributed by atoms with Gasteiger partial charge in [-0.3, -0.25) is 9.58 Å². The fourth-order valence-corrected chi connectivity index (χ4v) is 2.30. The van der Waals surface area contributed by atoms with E-state index >= 15 is 0 Å². The molecule has 0 radical (unpaired) electrons. The van der Waals surface area contributed by atoms with Gasteiger partial charge in [0, 0.05) is 32.4 Å². The number of nitrogens with zero attached hydrogens (tertiary/aromatic N) is 4.